The van der Waals surface area contributed by atoms with Crippen molar-refractivity contribution in [3.8, 4) is 0 Å². The zero-order valence-corrected chi connectivity index (χ0v) is 13.0. The summed E-state index contributed by atoms with van der Waals surface area (Å²) in [6.45, 7) is 10.2. The van der Waals surface area contributed by atoms with E-state index in [-0.39, 0.29) is 17.1 Å². The van der Waals surface area contributed by atoms with E-state index in [2.05, 4.69) is 30.7 Å². The molecule has 110 valence electrons. The first kappa shape index (κ1) is 15.0. The van der Waals surface area contributed by atoms with Crippen LogP contribution < -0.4 is 4.90 Å². The van der Waals surface area contributed by atoms with Crippen LogP contribution in [0.4, 0.5) is 10.1 Å². The highest BCUT2D eigenvalue weighted by Gasteiger charge is 2.32. The summed E-state index contributed by atoms with van der Waals surface area (Å²) < 4.78 is 13.7. The Morgan fingerprint density at radius 2 is 1.95 bits per heavy atom. The fraction of sp³-hybridized carbons (Fsp3) is 0.562. The van der Waals surface area contributed by atoms with Gasteiger partial charge in [0.2, 0.25) is 0 Å². The van der Waals surface area contributed by atoms with E-state index in [1.54, 1.807) is 13.0 Å². The third kappa shape index (κ3) is 2.70. The van der Waals surface area contributed by atoms with Gasteiger partial charge in [-0.3, -0.25) is 9.69 Å². The first-order valence-corrected chi connectivity index (χ1v) is 6.99. The Morgan fingerprint density at radius 3 is 2.50 bits per heavy atom. The SMILES string of the molecule is CC(=O)c1cc(F)c(C)cc1N1CCN(C)C(C)(C)C1. The Bertz CT molecular complexity index is 540. The predicted octanol–water partition coefficient (Wildman–Crippen LogP) is 2.87. The van der Waals surface area contributed by atoms with Crippen molar-refractivity contribution in [3.63, 3.8) is 0 Å². The Labute approximate surface area is 120 Å². The zero-order chi connectivity index (χ0) is 15.1. The summed E-state index contributed by atoms with van der Waals surface area (Å²) in [5, 5.41) is 0. The largest absolute Gasteiger partial charge is 0.368 e. The average Bonchev–Trinajstić information content (AvgIpc) is 2.35. The molecule has 0 atom stereocenters. The number of Topliss-reactive ketones (excluding diaryl/α,β-unsaturated/α-hetero) is 1. The van der Waals surface area contributed by atoms with E-state index in [1.807, 2.05) is 0 Å². The van der Waals surface area contributed by atoms with Crippen molar-refractivity contribution < 1.29 is 9.18 Å². The number of nitrogens with zero attached hydrogens (tertiary/aromatic N) is 2. The van der Waals surface area contributed by atoms with Crippen LogP contribution in [0.1, 0.15) is 36.7 Å². The van der Waals surface area contributed by atoms with Crippen LogP contribution in [0.3, 0.4) is 0 Å². The number of aryl methyl sites for hydroxylation is 1. The summed E-state index contributed by atoms with van der Waals surface area (Å²) in [6, 6.07) is 3.17. The Balaban J connectivity index is 2.42. The van der Waals surface area contributed by atoms with Gasteiger partial charge in [0.05, 0.1) is 0 Å². The van der Waals surface area contributed by atoms with E-state index in [0.29, 0.717) is 11.1 Å². The molecule has 1 saturated heterocycles. The lowest BCUT2D eigenvalue weighted by Gasteiger charge is -2.46. The molecular formula is C16H23FN2O. The maximum atomic E-state index is 13.7. The van der Waals surface area contributed by atoms with E-state index in [9.17, 15) is 9.18 Å². The minimum Gasteiger partial charge on any atom is -0.368 e. The number of hydrogen-bond donors (Lipinski definition) is 0. The third-order valence-corrected chi connectivity index (χ3v) is 4.31. The number of anilines is 1. The summed E-state index contributed by atoms with van der Waals surface area (Å²) in [7, 11) is 2.11. The topological polar surface area (TPSA) is 23.6 Å². The summed E-state index contributed by atoms with van der Waals surface area (Å²) in [6.07, 6.45) is 0. The van der Waals surface area contributed by atoms with E-state index >= 15 is 0 Å². The summed E-state index contributed by atoms with van der Waals surface area (Å²) in [5.74, 6) is -0.400. The number of rotatable bonds is 2. The van der Waals surface area contributed by atoms with Gasteiger partial charge in [-0.1, -0.05) is 0 Å². The van der Waals surface area contributed by atoms with Gasteiger partial charge in [-0.25, -0.2) is 4.39 Å². The number of hydrogen-bond acceptors (Lipinski definition) is 3. The lowest BCUT2D eigenvalue weighted by Crippen LogP contribution is -2.58. The molecule has 1 aromatic rings. The molecule has 0 radical (unpaired) electrons. The minimum absolute atomic E-state index is 0.0363. The van der Waals surface area contributed by atoms with Gasteiger partial charge in [0, 0.05) is 36.4 Å². The number of likely N-dealkylation sites (N-methyl/N-ethyl adjacent to an activating group) is 1. The van der Waals surface area contributed by atoms with Crippen LogP contribution in [0, 0.1) is 12.7 Å². The molecule has 1 aliphatic rings. The van der Waals surface area contributed by atoms with Crippen LogP contribution in [-0.2, 0) is 0 Å². The van der Waals surface area contributed by atoms with Crippen LogP contribution in [0.5, 0.6) is 0 Å². The molecule has 0 spiro atoms. The van der Waals surface area contributed by atoms with Gasteiger partial charge in [0.15, 0.2) is 5.78 Å². The van der Waals surface area contributed by atoms with Crippen molar-refractivity contribution >= 4 is 11.5 Å². The second-order valence-corrected chi connectivity index (χ2v) is 6.33. The minimum atomic E-state index is -0.313. The van der Waals surface area contributed by atoms with Crippen LogP contribution in [0.2, 0.25) is 0 Å². The van der Waals surface area contributed by atoms with Gasteiger partial charge in [0.25, 0.3) is 0 Å². The fourth-order valence-electron chi connectivity index (χ4n) is 2.66. The molecular weight excluding hydrogens is 255 g/mol. The van der Waals surface area contributed by atoms with Gasteiger partial charge in [-0.15, -0.1) is 0 Å². The molecule has 0 aromatic heterocycles. The van der Waals surface area contributed by atoms with Crippen LogP contribution in [0.15, 0.2) is 12.1 Å². The molecule has 2 rings (SSSR count). The molecule has 0 N–H and O–H groups in total. The highest BCUT2D eigenvalue weighted by molar-refractivity contribution is 6.00. The summed E-state index contributed by atoms with van der Waals surface area (Å²) >= 11 is 0. The van der Waals surface area contributed by atoms with Gasteiger partial charge in [0.1, 0.15) is 5.82 Å². The first-order valence-electron chi connectivity index (χ1n) is 6.99. The van der Waals surface area contributed by atoms with E-state index < -0.39 is 0 Å². The lowest BCUT2D eigenvalue weighted by molar-refractivity contribution is 0.101. The smallest absolute Gasteiger partial charge is 0.161 e. The van der Waals surface area contributed by atoms with Crippen molar-refractivity contribution in [2.24, 2.45) is 0 Å². The summed E-state index contributed by atoms with van der Waals surface area (Å²) in [4.78, 5) is 16.3. The van der Waals surface area contributed by atoms with Crippen LogP contribution >= 0.6 is 0 Å². The average molecular weight is 278 g/mol. The van der Waals surface area contributed by atoms with E-state index in [4.69, 9.17) is 0 Å². The molecule has 20 heavy (non-hydrogen) atoms. The molecule has 1 aromatic carbocycles. The van der Waals surface area contributed by atoms with Crippen LogP contribution in [-0.4, -0.2) is 42.9 Å². The van der Waals surface area contributed by atoms with E-state index in [1.165, 1.54) is 13.0 Å². The Morgan fingerprint density at radius 1 is 1.30 bits per heavy atom. The molecule has 0 bridgehead atoms. The van der Waals surface area contributed by atoms with Crippen molar-refractivity contribution in [2.45, 2.75) is 33.2 Å². The standard InChI is InChI=1S/C16H23FN2O/c1-11-8-15(13(12(2)20)9-14(11)17)19-7-6-18(5)16(3,4)10-19/h8-9H,6-7,10H2,1-5H3. The molecule has 1 fully saturated rings. The van der Waals surface area contributed by atoms with Crippen molar-refractivity contribution in [1.29, 1.82) is 0 Å². The monoisotopic (exact) mass is 278 g/mol. The lowest BCUT2D eigenvalue weighted by atomic mass is 9.97. The molecule has 4 heteroatoms. The Hall–Kier alpha value is -1.42. The third-order valence-electron chi connectivity index (χ3n) is 4.31. The molecule has 0 unspecified atom stereocenters. The molecule has 3 nitrogen and oxygen atoms in total. The second kappa shape index (κ2) is 5.17. The number of carbonyl (C=O) groups is 1. The number of carbonyl (C=O) groups excluding carboxylic acids is 1. The quantitative estimate of drug-likeness (QED) is 0.777. The molecule has 0 amide bonds. The predicted molar refractivity (Wildman–Crippen MR) is 80.1 cm³/mol. The fourth-order valence-corrected chi connectivity index (χ4v) is 2.66. The number of benzene rings is 1. The van der Waals surface area contributed by atoms with Crippen molar-refractivity contribution in [3.05, 3.63) is 29.1 Å². The highest BCUT2D eigenvalue weighted by atomic mass is 19.1. The zero-order valence-electron chi connectivity index (χ0n) is 13.0. The maximum absolute atomic E-state index is 13.7. The van der Waals surface area contributed by atoms with Gasteiger partial charge >= 0.3 is 0 Å². The van der Waals surface area contributed by atoms with E-state index in [0.717, 1.165) is 25.3 Å². The summed E-state index contributed by atoms with van der Waals surface area (Å²) in [5.41, 5.74) is 1.96. The number of halogens is 1. The molecule has 1 heterocycles. The molecule has 0 aliphatic carbocycles. The van der Waals surface area contributed by atoms with Gasteiger partial charge in [-0.2, -0.15) is 0 Å². The highest BCUT2D eigenvalue weighted by Crippen LogP contribution is 2.29. The first-order chi connectivity index (χ1) is 9.22. The maximum Gasteiger partial charge on any atom is 0.161 e. The number of piperazine rings is 1. The Kier molecular flexibility index (Phi) is 3.87. The number of ketones is 1. The van der Waals surface area contributed by atoms with Crippen molar-refractivity contribution in [2.75, 3.05) is 31.6 Å². The normalized spacial score (nSPS) is 19.2. The van der Waals surface area contributed by atoms with Crippen molar-refractivity contribution in [1.82, 2.24) is 4.90 Å². The van der Waals surface area contributed by atoms with Crippen LogP contribution in [0.25, 0.3) is 0 Å². The van der Waals surface area contributed by atoms with Gasteiger partial charge in [-0.05, 0) is 52.4 Å². The molecule has 0 saturated carbocycles. The second-order valence-electron chi connectivity index (χ2n) is 6.33. The van der Waals surface area contributed by atoms with Gasteiger partial charge < -0.3 is 4.90 Å². The molecule has 1 aliphatic heterocycles.